The molecule has 0 amide bonds. The Balaban J connectivity index is 2.15. The smallest absolute Gasteiger partial charge is 0.0177 e. The largest absolute Gasteiger partial charge is 0.319 e. The van der Waals surface area contributed by atoms with Crippen molar-refractivity contribution in [3.63, 3.8) is 0 Å². The molecule has 0 aromatic heterocycles. The summed E-state index contributed by atoms with van der Waals surface area (Å²) in [5.74, 6) is 0. The summed E-state index contributed by atoms with van der Waals surface area (Å²) in [5.41, 5.74) is 1.64. The lowest BCUT2D eigenvalue weighted by Crippen LogP contribution is -2.49. The topological polar surface area (TPSA) is 15.3 Å². The Labute approximate surface area is 118 Å². The van der Waals surface area contributed by atoms with E-state index in [1.807, 2.05) is 0 Å². The molecule has 19 heavy (non-hydrogen) atoms. The van der Waals surface area contributed by atoms with E-state index in [0.29, 0.717) is 0 Å². The van der Waals surface area contributed by atoms with E-state index in [2.05, 4.69) is 61.4 Å². The Morgan fingerprint density at radius 3 is 2.63 bits per heavy atom. The van der Waals surface area contributed by atoms with Gasteiger partial charge in [0, 0.05) is 24.5 Å². The number of benzene rings is 1. The van der Waals surface area contributed by atoms with Crippen molar-refractivity contribution < 1.29 is 0 Å². The van der Waals surface area contributed by atoms with E-state index in [0.717, 1.165) is 19.1 Å². The molecular formula is C17H28N2. The summed E-state index contributed by atoms with van der Waals surface area (Å²) < 4.78 is 0. The van der Waals surface area contributed by atoms with Crippen molar-refractivity contribution in [2.24, 2.45) is 0 Å². The molecular weight excluding hydrogens is 232 g/mol. The van der Waals surface area contributed by atoms with Gasteiger partial charge in [-0.1, -0.05) is 43.7 Å². The van der Waals surface area contributed by atoms with Crippen LogP contribution in [0, 0.1) is 0 Å². The van der Waals surface area contributed by atoms with Crippen LogP contribution in [0.3, 0.4) is 0 Å². The molecule has 1 N–H and O–H groups in total. The van der Waals surface area contributed by atoms with Crippen LogP contribution in [0.5, 0.6) is 0 Å². The van der Waals surface area contributed by atoms with Crippen LogP contribution in [-0.2, 0) is 5.41 Å². The van der Waals surface area contributed by atoms with Crippen LogP contribution in [0.1, 0.15) is 38.7 Å². The van der Waals surface area contributed by atoms with E-state index in [4.69, 9.17) is 0 Å². The lowest BCUT2D eigenvalue weighted by molar-refractivity contribution is 0.127. The van der Waals surface area contributed by atoms with Crippen LogP contribution in [0.4, 0.5) is 0 Å². The molecule has 0 bridgehead atoms. The molecule has 2 unspecified atom stereocenters. The molecule has 0 saturated carbocycles. The van der Waals surface area contributed by atoms with E-state index in [-0.39, 0.29) is 5.41 Å². The first-order chi connectivity index (χ1) is 9.15. The van der Waals surface area contributed by atoms with Crippen molar-refractivity contribution in [1.29, 1.82) is 0 Å². The Bertz CT molecular complexity index is 376. The van der Waals surface area contributed by atoms with Crippen molar-refractivity contribution in [2.75, 3.05) is 26.7 Å². The molecule has 0 aliphatic carbocycles. The van der Waals surface area contributed by atoms with E-state index in [9.17, 15) is 0 Å². The molecule has 2 atom stereocenters. The Hall–Kier alpha value is -0.860. The summed E-state index contributed by atoms with van der Waals surface area (Å²) in [6, 6.07) is 11.7. The number of nitrogens with zero attached hydrogens (tertiary/aromatic N) is 1. The van der Waals surface area contributed by atoms with Gasteiger partial charge in [-0.15, -0.1) is 0 Å². The van der Waals surface area contributed by atoms with Gasteiger partial charge in [-0.05, 0) is 38.9 Å². The average molecular weight is 260 g/mol. The number of hydrogen-bond donors (Lipinski definition) is 1. The van der Waals surface area contributed by atoms with Gasteiger partial charge in [-0.25, -0.2) is 0 Å². The Morgan fingerprint density at radius 2 is 2.00 bits per heavy atom. The maximum atomic E-state index is 3.38. The number of nitrogens with one attached hydrogen (secondary N) is 1. The number of likely N-dealkylation sites (tertiary alicyclic amines) is 1. The van der Waals surface area contributed by atoms with Gasteiger partial charge in [-0.3, -0.25) is 4.90 Å². The second-order valence-corrected chi connectivity index (χ2v) is 6.27. The zero-order chi connectivity index (χ0) is 13.7. The summed E-state index contributed by atoms with van der Waals surface area (Å²) in [6.07, 6.45) is 4.10. The van der Waals surface area contributed by atoms with Gasteiger partial charge in [0.2, 0.25) is 0 Å². The van der Waals surface area contributed by atoms with Crippen molar-refractivity contribution in [1.82, 2.24) is 10.2 Å². The van der Waals surface area contributed by atoms with Gasteiger partial charge in [0.1, 0.15) is 0 Å². The molecule has 106 valence electrons. The SMILES string of the molecule is CNCC(C)(CN1CCCCC1C)c1ccccc1. The Morgan fingerprint density at radius 1 is 1.26 bits per heavy atom. The molecule has 1 aromatic rings. The molecule has 1 saturated heterocycles. The van der Waals surface area contributed by atoms with Gasteiger partial charge in [0.25, 0.3) is 0 Å². The first-order valence-electron chi connectivity index (χ1n) is 7.60. The van der Waals surface area contributed by atoms with E-state index in [1.165, 1.54) is 31.4 Å². The summed E-state index contributed by atoms with van der Waals surface area (Å²) >= 11 is 0. The molecule has 1 aromatic carbocycles. The minimum atomic E-state index is 0.196. The predicted octanol–water partition coefficient (Wildman–Crippen LogP) is 3.04. The van der Waals surface area contributed by atoms with Gasteiger partial charge in [0.15, 0.2) is 0 Å². The van der Waals surface area contributed by atoms with Crippen LogP contribution < -0.4 is 5.32 Å². The summed E-state index contributed by atoms with van der Waals surface area (Å²) in [7, 11) is 2.06. The van der Waals surface area contributed by atoms with Gasteiger partial charge >= 0.3 is 0 Å². The van der Waals surface area contributed by atoms with Gasteiger partial charge < -0.3 is 5.32 Å². The molecule has 2 nitrogen and oxygen atoms in total. The summed E-state index contributed by atoms with van der Waals surface area (Å²) in [5, 5.41) is 3.38. The molecule has 1 aliphatic rings. The first kappa shape index (κ1) is 14.5. The molecule has 0 spiro atoms. The first-order valence-corrected chi connectivity index (χ1v) is 7.60. The number of likely N-dealkylation sites (N-methyl/N-ethyl adjacent to an activating group) is 1. The van der Waals surface area contributed by atoms with Crippen LogP contribution in [0.25, 0.3) is 0 Å². The second kappa shape index (κ2) is 6.53. The average Bonchev–Trinajstić information content (AvgIpc) is 2.43. The van der Waals surface area contributed by atoms with Crippen molar-refractivity contribution in [3.8, 4) is 0 Å². The maximum Gasteiger partial charge on any atom is 0.0177 e. The maximum absolute atomic E-state index is 3.38. The van der Waals surface area contributed by atoms with Crippen molar-refractivity contribution in [2.45, 2.75) is 44.6 Å². The molecule has 0 radical (unpaired) electrons. The van der Waals surface area contributed by atoms with E-state index < -0.39 is 0 Å². The van der Waals surface area contributed by atoms with Crippen LogP contribution >= 0.6 is 0 Å². The fourth-order valence-corrected chi connectivity index (χ4v) is 3.32. The minimum absolute atomic E-state index is 0.196. The third-order valence-electron chi connectivity index (χ3n) is 4.53. The van der Waals surface area contributed by atoms with Crippen LogP contribution in [0.2, 0.25) is 0 Å². The van der Waals surface area contributed by atoms with Gasteiger partial charge in [0.05, 0.1) is 0 Å². The highest BCUT2D eigenvalue weighted by Crippen LogP contribution is 2.27. The third kappa shape index (κ3) is 3.58. The number of piperidine rings is 1. The summed E-state index contributed by atoms with van der Waals surface area (Å²) in [4.78, 5) is 2.67. The third-order valence-corrected chi connectivity index (χ3v) is 4.53. The second-order valence-electron chi connectivity index (χ2n) is 6.27. The quantitative estimate of drug-likeness (QED) is 0.875. The van der Waals surface area contributed by atoms with Crippen LogP contribution in [-0.4, -0.2) is 37.6 Å². The lowest BCUT2D eigenvalue weighted by atomic mass is 9.81. The minimum Gasteiger partial charge on any atom is -0.319 e. The molecule has 2 heteroatoms. The zero-order valence-electron chi connectivity index (χ0n) is 12.7. The van der Waals surface area contributed by atoms with Gasteiger partial charge in [-0.2, -0.15) is 0 Å². The van der Waals surface area contributed by atoms with Crippen molar-refractivity contribution >= 4 is 0 Å². The highest BCUT2D eigenvalue weighted by atomic mass is 15.2. The molecule has 2 rings (SSSR count). The van der Waals surface area contributed by atoms with E-state index >= 15 is 0 Å². The molecule has 1 fully saturated rings. The monoisotopic (exact) mass is 260 g/mol. The number of hydrogen-bond acceptors (Lipinski definition) is 2. The molecule has 1 heterocycles. The zero-order valence-corrected chi connectivity index (χ0v) is 12.7. The fraction of sp³-hybridized carbons (Fsp3) is 0.647. The van der Waals surface area contributed by atoms with E-state index in [1.54, 1.807) is 0 Å². The Kier molecular flexibility index (Phi) is 5.00. The molecule has 1 aliphatic heterocycles. The number of rotatable bonds is 5. The highest BCUT2D eigenvalue weighted by molar-refractivity contribution is 5.25. The highest BCUT2D eigenvalue weighted by Gasteiger charge is 2.31. The lowest BCUT2D eigenvalue weighted by Gasteiger charge is -2.41. The normalized spacial score (nSPS) is 24.1. The fourth-order valence-electron chi connectivity index (χ4n) is 3.32. The summed E-state index contributed by atoms with van der Waals surface area (Å²) in [6.45, 7) is 8.21. The van der Waals surface area contributed by atoms with Crippen LogP contribution in [0.15, 0.2) is 30.3 Å². The standard InChI is InChI=1S/C17H28N2/c1-15-9-7-8-12-19(15)14-17(2,13-18-3)16-10-5-4-6-11-16/h4-6,10-11,15,18H,7-9,12-14H2,1-3H3. The van der Waals surface area contributed by atoms with Crippen molar-refractivity contribution in [3.05, 3.63) is 35.9 Å². The predicted molar refractivity (Wildman–Crippen MR) is 82.6 cm³/mol.